The standard InChI is InChI=1S/C19H40N2/c1-3-4-5-6-7-8-9-10-11-14-17-21(2)19-16-13-12-15-18(19)20/h18-19H,3-17,20H2,1-2H3. The number of hydrogen-bond donors (Lipinski definition) is 1. The van der Waals surface area contributed by atoms with Crippen LogP contribution >= 0.6 is 0 Å². The zero-order valence-electron chi connectivity index (χ0n) is 14.8. The van der Waals surface area contributed by atoms with Crippen LogP contribution in [-0.2, 0) is 0 Å². The van der Waals surface area contributed by atoms with Crippen molar-refractivity contribution in [3.63, 3.8) is 0 Å². The molecule has 0 spiro atoms. The molecule has 0 heterocycles. The molecule has 2 nitrogen and oxygen atoms in total. The summed E-state index contributed by atoms with van der Waals surface area (Å²) < 4.78 is 0. The van der Waals surface area contributed by atoms with E-state index in [1.807, 2.05) is 0 Å². The highest BCUT2D eigenvalue weighted by atomic mass is 15.1. The summed E-state index contributed by atoms with van der Waals surface area (Å²) >= 11 is 0. The predicted molar refractivity (Wildman–Crippen MR) is 94.7 cm³/mol. The molecular formula is C19H40N2. The Morgan fingerprint density at radius 1 is 0.810 bits per heavy atom. The first-order valence-corrected chi connectivity index (χ1v) is 9.71. The molecule has 126 valence electrons. The molecule has 0 aromatic carbocycles. The van der Waals surface area contributed by atoms with E-state index in [0.29, 0.717) is 12.1 Å². The SMILES string of the molecule is CCCCCCCCCCCCN(C)C1CCCCC1N. The molecule has 1 fully saturated rings. The van der Waals surface area contributed by atoms with Crippen molar-refractivity contribution in [2.45, 2.75) is 109 Å². The second kappa shape index (κ2) is 12.5. The number of nitrogens with two attached hydrogens (primary N) is 1. The summed E-state index contributed by atoms with van der Waals surface area (Å²) in [6, 6.07) is 1.07. The minimum Gasteiger partial charge on any atom is -0.326 e. The molecule has 0 aliphatic heterocycles. The summed E-state index contributed by atoms with van der Waals surface area (Å²) in [7, 11) is 2.28. The highest BCUT2D eigenvalue weighted by molar-refractivity contribution is 4.84. The molecule has 21 heavy (non-hydrogen) atoms. The van der Waals surface area contributed by atoms with Gasteiger partial charge < -0.3 is 10.6 Å². The monoisotopic (exact) mass is 296 g/mol. The normalized spacial score (nSPS) is 22.9. The molecule has 0 bridgehead atoms. The maximum Gasteiger partial charge on any atom is 0.0244 e. The summed E-state index contributed by atoms with van der Waals surface area (Å²) in [6.07, 6.45) is 19.5. The van der Waals surface area contributed by atoms with Crippen LogP contribution in [0.25, 0.3) is 0 Å². The van der Waals surface area contributed by atoms with Gasteiger partial charge in [-0.3, -0.25) is 0 Å². The number of rotatable bonds is 12. The lowest BCUT2D eigenvalue weighted by Crippen LogP contribution is -2.48. The Morgan fingerprint density at radius 2 is 1.33 bits per heavy atom. The van der Waals surface area contributed by atoms with Gasteiger partial charge in [-0.1, -0.05) is 77.6 Å². The van der Waals surface area contributed by atoms with Crippen molar-refractivity contribution < 1.29 is 0 Å². The van der Waals surface area contributed by atoms with E-state index in [-0.39, 0.29) is 0 Å². The first-order valence-electron chi connectivity index (χ1n) is 9.71. The third-order valence-electron chi connectivity index (χ3n) is 5.21. The van der Waals surface area contributed by atoms with Gasteiger partial charge in [-0.05, 0) is 32.9 Å². The van der Waals surface area contributed by atoms with Crippen LogP contribution in [0.4, 0.5) is 0 Å². The van der Waals surface area contributed by atoms with Crippen LogP contribution < -0.4 is 5.73 Å². The predicted octanol–water partition coefficient (Wildman–Crippen LogP) is 5.11. The topological polar surface area (TPSA) is 29.3 Å². The molecule has 0 saturated heterocycles. The Hall–Kier alpha value is -0.0800. The van der Waals surface area contributed by atoms with Crippen LogP contribution in [0.5, 0.6) is 0 Å². The van der Waals surface area contributed by atoms with Crippen LogP contribution in [-0.4, -0.2) is 30.6 Å². The Balaban J connectivity index is 1.89. The van der Waals surface area contributed by atoms with Crippen LogP contribution in [0.15, 0.2) is 0 Å². The van der Waals surface area contributed by atoms with Crippen molar-refractivity contribution >= 4 is 0 Å². The molecule has 0 amide bonds. The van der Waals surface area contributed by atoms with E-state index in [2.05, 4.69) is 18.9 Å². The fourth-order valence-electron chi connectivity index (χ4n) is 3.70. The van der Waals surface area contributed by atoms with Crippen molar-refractivity contribution in [1.82, 2.24) is 4.90 Å². The van der Waals surface area contributed by atoms with Gasteiger partial charge in [0.2, 0.25) is 0 Å². The highest BCUT2D eigenvalue weighted by Gasteiger charge is 2.24. The van der Waals surface area contributed by atoms with Gasteiger partial charge in [0.15, 0.2) is 0 Å². The molecule has 1 rings (SSSR count). The average molecular weight is 297 g/mol. The highest BCUT2D eigenvalue weighted by Crippen LogP contribution is 2.21. The van der Waals surface area contributed by atoms with Gasteiger partial charge in [-0.25, -0.2) is 0 Å². The lowest BCUT2D eigenvalue weighted by atomic mass is 9.90. The minimum atomic E-state index is 0.423. The Bertz CT molecular complexity index is 230. The van der Waals surface area contributed by atoms with Gasteiger partial charge in [0.25, 0.3) is 0 Å². The zero-order valence-corrected chi connectivity index (χ0v) is 14.8. The van der Waals surface area contributed by atoms with Gasteiger partial charge >= 0.3 is 0 Å². The van der Waals surface area contributed by atoms with Gasteiger partial charge in [-0.15, -0.1) is 0 Å². The number of likely N-dealkylation sites (N-methyl/N-ethyl adjacent to an activating group) is 1. The molecule has 1 saturated carbocycles. The van der Waals surface area contributed by atoms with Crippen molar-refractivity contribution in [3.05, 3.63) is 0 Å². The van der Waals surface area contributed by atoms with Crippen LogP contribution in [0.1, 0.15) is 96.8 Å². The van der Waals surface area contributed by atoms with E-state index in [9.17, 15) is 0 Å². The van der Waals surface area contributed by atoms with Crippen molar-refractivity contribution in [1.29, 1.82) is 0 Å². The second-order valence-corrected chi connectivity index (χ2v) is 7.18. The first kappa shape index (κ1) is 19.0. The summed E-state index contributed by atoms with van der Waals surface area (Å²) in [4.78, 5) is 2.54. The molecule has 0 aromatic rings. The smallest absolute Gasteiger partial charge is 0.0244 e. The van der Waals surface area contributed by atoms with E-state index >= 15 is 0 Å². The van der Waals surface area contributed by atoms with E-state index < -0.39 is 0 Å². The number of nitrogens with zero attached hydrogens (tertiary/aromatic N) is 1. The fraction of sp³-hybridized carbons (Fsp3) is 1.00. The van der Waals surface area contributed by atoms with Gasteiger partial charge in [0.1, 0.15) is 0 Å². The molecular weight excluding hydrogens is 256 g/mol. The van der Waals surface area contributed by atoms with Gasteiger partial charge in [0.05, 0.1) is 0 Å². The fourth-order valence-corrected chi connectivity index (χ4v) is 3.70. The second-order valence-electron chi connectivity index (χ2n) is 7.18. The summed E-state index contributed by atoms with van der Waals surface area (Å²) in [5, 5.41) is 0. The summed E-state index contributed by atoms with van der Waals surface area (Å²) in [6.45, 7) is 3.53. The summed E-state index contributed by atoms with van der Waals surface area (Å²) in [5.41, 5.74) is 6.26. The minimum absolute atomic E-state index is 0.423. The molecule has 0 radical (unpaired) electrons. The first-order chi connectivity index (χ1) is 10.3. The van der Waals surface area contributed by atoms with Crippen molar-refractivity contribution in [2.24, 2.45) is 5.73 Å². The number of unbranched alkanes of at least 4 members (excludes halogenated alkanes) is 9. The van der Waals surface area contributed by atoms with E-state index in [0.717, 1.165) is 0 Å². The quantitative estimate of drug-likeness (QED) is 0.507. The van der Waals surface area contributed by atoms with Crippen molar-refractivity contribution in [2.75, 3.05) is 13.6 Å². The third-order valence-corrected chi connectivity index (χ3v) is 5.21. The maximum absolute atomic E-state index is 6.26. The molecule has 2 N–H and O–H groups in total. The zero-order chi connectivity index (χ0) is 15.3. The Morgan fingerprint density at radius 3 is 1.90 bits per heavy atom. The van der Waals surface area contributed by atoms with Gasteiger partial charge in [-0.2, -0.15) is 0 Å². The van der Waals surface area contributed by atoms with Gasteiger partial charge in [0, 0.05) is 12.1 Å². The summed E-state index contributed by atoms with van der Waals surface area (Å²) in [5.74, 6) is 0. The Kier molecular flexibility index (Phi) is 11.3. The molecule has 1 aliphatic rings. The number of hydrogen-bond acceptors (Lipinski definition) is 2. The Labute approximate surface area is 133 Å². The average Bonchev–Trinajstić information content (AvgIpc) is 2.49. The third kappa shape index (κ3) is 8.83. The van der Waals surface area contributed by atoms with Crippen molar-refractivity contribution in [3.8, 4) is 0 Å². The van der Waals surface area contributed by atoms with Crippen LogP contribution in [0.3, 0.4) is 0 Å². The molecule has 2 heteroatoms. The molecule has 1 aliphatic carbocycles. The van der Waals surface area contributed by atoms with E-state index in [4.69, 9.17) is 5.73 Å². The van der Waals surface area contributed by atoms with E-state index in [1.54, 1.807) is 0 Å². The van der Waals surface area contributed by atoms with Crippen LogP contribution in [0.2, 0.25) is 0 Å². The van der Waals surface area contributed by atoms with E-state index in [1.165, 1.54) is 96.4 Å². The largest absolute Gasteiger partial charge is 0.326 e. The molecule has 2 atom stereocenters. The lowest BCUT2D eigenvalue weighted by Gasteiger charge is -2.36. The molecule has 0 aromatic heterocycles. The maximum atomic E-state index is 6.26. The van der Waals surface area contributed by atoms with Crippen LogP contribution in [0, 0.1) is 0 Å². The molecule has 2 unspecified atom stereocenters. The lowest BCUT2D eigenvalue weighted by molar-refractivity contribution is 0.166.